The number of fused-ring (bicyclic) bond motifs is 1. The molecule has 0 saturated carbocycles. The molecule has 6 nitrogen and oxygen atoms in total. The lowest BCUT2D eigenvalue weighted by Gasteiger charge is -2.11. The molecule has 0 unspecified atom stereocenters. The molecular formula is C19H18F3N3O3S. The highest BCUT2D eigenvalue weighted by Crippen LogP contribution is 2.30. The van der Waals surface area contributed by atoms with Gasteiger partial charge in [-0.3, -0.25) is 4.79 Å². The van der Waals surface area contributed by atoms with Crippen molar-refractivity contribution >= 4 is 32.5 Å². The first-order valence-corrected chi connectivity index (χ1v) is 10.1. The van der Waals surface area contributed by atoms with Crippen molar-refractivity contribution in [3.05, 3.63) is 60.3 Å². The number of aryl methyl sites for hydroxylation is 1. The fourth-order valence-electron chi connectivity index (χ4n) is 2.84. The molecule has 0 saturated heterocycles. The van der Waals surface area contributed by atoms with Crippen molar-refractivity contribution in [2.45, 2.75) is 24.5 Å². The quantitative estimate of drug-likeness (QED) is 0.633. The molecule has 0 bridgehead atoms. The molecule has 0 atom stereocenters. The molecule has 0 fully saturated rings. The molecule has 10 heteroatoms. The molecule has 3 rings (SSSR count). The van der Waals surface area contributed by atoms with E-state index in [1.807, 2.05) is 34.5 Å². The number of rotatable bonds is 6. The predicted molar refractivity (Wildman–Crippen MR) is 103 cm³/mol. The van der Waals surface area contributed by atoms with Crippen LogP contribution in [0.4, 0.5) is 18.9 Å². The minimum Gasteiger partial charge on any atom is -0.348 e. The maximum absolute atomic E-state index is 12.8. The average Bonchev–Trinajstić information content (AvgIpc) is 3.08. The molecule has 0 radical (unpaired) electrons. The van der Waals surface area contributed by atoms with Gasteiger partial charge in [-0.05, 0) is 49.4 Å². The van der Waals surface area contributed by atoms with E-state index in [1.54, 1.807) is 12.1 Å². The summed E-state index contributed by atoms with van der Waals surface area (Å²) in [6, 6.07) is 10.5. The van der Waals surface area contributed by atoms with Gasteiger partial charge in [0.15, 0.2) is 0 Å². The standard InChI is InChI=1S/C19H18F3N3O3S/c1-2-25-9-8-13-10-15(6-7-17(13)25)24-18(26)12-23-29(27,28)16-5-3-4-14(11-16)19(20,21)22/h3-11,23H,2,12H2,1H3,(H,24,26). The van der Waals surface area contributed by atoms with Gasteiger partial charge in [0.05, 0.1) is 17.0 Å². The van der Waals surface area contributed by atoms with E-state index in [4.69, 9.17) is 0 Å². The third-order valence-corrected chi connectivity index (χ3v) is 5.69. The zero-order valence-electron chi connectivity index (χ0n) is 15.3. The largest absolute Gasteiger partial charge is 0.416 e. The maximum atomic E-state index is 12.8. The number of hydrogen-bond acceptors (Lipinski definition) is 3. The predicted octanol–water partition coefficient (Wildman–Crippen LogP) is 3.60. The number of sulfonamides is 1. The summed E-state index contributed by atoms with van der Waals surface area (Å²) in [5.74, 6) is -0.644. The minimum atomic E-state index is -4.67. The van der Waals surface area contributed by atoms with Crippen LogP contribution in [-0.4, -0.2) is 25.4 Å². The van der Waals surface area contributed by atoms with Crippen LogP contribution >= 0.6 is 0 Å². The number of nitrogens with one attached hydrogen (secondary N) is 2. The molecule has 1 amide bonds. The number of amides is 1. The summed E-state index contributed by atoms with van der Waals surface area (Å²) in [5.41, 5.74) is 0.391. The van der Waals surface area contributed by atoms with Gasteiger partial charge in [0.1, 0.15) is 0 Å². The molecule has 0 aliphatic carbocycles. The molecular weight excluding hydrogens is 407 g/mol. The van der Waals surface area contributed by atoms with E-state index in [0.717, 1.165) is 35.6 Å². The van der Waals surface area contributed by atoms with Crippen LogP contribution in [0.2, 0.25) is 0 Å². The second kappa shape index (κ2) is 7.88. The van der Waals surface area contributed by atoms with Gasteiger partial charge in [-0.1, -0.05) is 6.07 Å². The third kappa shape index (κ3) is 4.77. The third-order valence-electron chi connectivity index (χ3n) is 4.29. The number of hydrogen-bond donors (Lipinski definition) is 2. The number of nitrogens with zero attached hydrogens (tertiary/aromatic N) is 1. The number of anilines is 1. The molecule has 3 aromatic rings. The van der Waals surface area contributed by atoms with E-state index in [1.165, 1.54) is 0 Å². The van der Waals surface area contributed by atoms with Gasteiger partial charge in [0.2, 0.25) is 15.9 Å². The van der Waals surface area contributed by atoms with Crippen LogP contribution in [0, 0.1) is 0 Å². The zero-order chi connectivity index (χ0) is 21.2. The van der Waals surface area contributed by atoms with Gasteiger partial charge < -0.3 is 9.88 Å². The highest BCUT2D eigenvalue weighted by molar-refractivity contribution is 7.89. The van der Waals surface area contributed by atoms with E-state index < -0.39 is 39.1 Å². The van der Waals surface area contributed by atoms with E-state index in [0.29, 0.717) is 11.8 Å². The van der Waals surface area contributed by atoms with Crippen molar-refractivity contribution in [3.8, 4) is 0 Å². The van der Waals surface area contributed by atoms with Crippen LogP contribution in [0.15, 0.2) is 59.6 Å². The zero-order valence-corrected chi connectivity index (χ0v) is 16.1. The summed E-state index contributed by atoms with van der Waals surface area (Å²) >= 11 is 0. The highest BCUT2D eigenvalue weighted by atomic mass is 32.2. The lowest BCUT2D eigenvalue weighted by atomic mass is 10.2. The van der Waals surface area contributed by atoms with E-state index in [2.05, 4.69) is 5.32 Å². The summed E-state index contributed by atoms with van der Waals surface area (Å²) in [6.45, 7) is 2.19. The highest BCUT2D eigenvalue weighted by Gasteiger charge is 2.31. The number of benzene rings is 2. The van der Waals surface area contributed by atoms with Crippen LogP contribution in [0.25, 0.3) is 10.9 Å². The first-order valence-electron chi connectivity index (χ1n) is 8.66. The van der Waals surface area contributed by atoms with Crippen LogP contribution < -0.4 is 10.0 Å². The van der Waals surface area contributed by atoms with E-state index in [-0.39, 0.29) is 0 Å². The molecule has 0 spiro atoms. The van der Waals surface area contributed by atoms with Crippen molar-refractivity contribution in [1.82, 2.24) is 9.29 Å². The first-order chi connectivity index (χ1) is 13.6. The fourth-order valence-corrected chi connectivity index (χ4v) is 3.87. The Morgan fingerprint density at radius 3 is 2.55 bits per heavy atom. The summed E-state index contributed by atoms with van der Waals surface area (Å²) in [4.78, 5) is 11.5. The fraction of sp³-hybridized carbons (Fsp3) is 0.211. The van der Waals surface area contributed by atoms with Gasteiger partial charge >= 0.3 is 6.18 Å². The number of carbonyl (C=O) groups excluding carboxylic acids is 1. The number of halogens is 3. The number of carbonyl (C=O) groups is 1. The van der Waals surface area contributed by atoms with Crippen LogP contribution in [0.3, 0.4) is 0 Å². The Balaban J connectivity index is 1.67. The molecule has 0 aliphatic rings. The Hall–Kier alpha value is -2.85. The molecule has 2 N–H and O–H groups in total. The SMILES string of the molecule is CCn1ccc2cc(NC(=O)CNS(=O)(=O)c3cccc(C(F)(F)F)c3)ccc21. The second-order valence-corrected chi connectivity index (χ2v) is 8.04. The Kier molecular flexibility index (Phi) is 5.67. The van der Waals surface area contributed by atoms with Crippen molar-refractivity contribution in [2.75, 3.05) is 11.9 Å². The van der Waals surface area contributed by atoms with E-state index in [9.17, 15) is 26.4 Å². The van der Waals surface area contributed by atoms with Crippen molar-refractivity contribution < 1.29 is 26.4 Å². The number of alkyl halides is 3. The van der Waals surface area contributed by atoms with Crippen LogP contribution in [0.5, 0.6) is 0 Å². The van der Waals surface area contributed by atoms with Crippen molar-refractivity contribution in [1.29, 1.82) is 0 Å². The van der Waals surface area contributed by atoms with Gasteiger partial charge in [0.25, 0.3) is 0 Å². The van der Waals surface area contributed by atoms with Crippen molar-refractivity contribution in [2.24, 2.45) is 0 Å². The molecule has 29 heavy (non-hydrogen) atoms. The van der Waals surface area contributed by atoms with Gasteiger partial charge in [0, 0.05) is 29.3 Å². The van der Waals surface area contributed by atoms with Gasteiger partial charge in [-0.15, -0.1) is 0 Å². The van der Waals surface area contributed by atoms with Crippen LogP contribution in [-0.2, 0) is 27.5 Å². The smallest absolute Gasteiger partial charge is 0.348 e. The summed E-state index contributed by atoms with van der Waals surface area (Å²) in [5, 5.41) is 3.48. The van der Waals surface area contributed by atoms with Crippen molar-refractivity contribution in [3.63, 3.8) is 0 Å². The molecule has 1 heterocycles. The summed E-state index contributed by atoms with van der Waals surface area (Å²) < 4.78 is 66.8. The first kappa shape index (κ1) is 20.9. The molecule has 1 aromatic heterocycles. The lowest BCUT2D eigenvalue weighted by molar-refractivity contribution is -0.137. The van der Waals surface area contributed by atoms with Gasteiger partial charge in [-0.2, -0.15) is 13.2 Å². The summed E-state index contributed by atoms with van der Waals surface area (Å²) in [7, 11) is -4.28. The Labute approximate surface area is 165 Å². The average molecular weight is 425 g/mol. The Bertz CT molecular complexity index is 1150. The molecule has 2 aromatic carbocycles. The summed E-state index contributed by atoms with van der Waals surface area (Å²) in [6.07, 6.45) is -2.75. The minimum absolute atomic E-state index is 0.481. The lowest BCUT2D eigenvalue weighted by Crippen LogP contribution is -2.33. The Morgan fingerprint density at radius 1 is 1.10 bits per heavy atom. The second-order valence-electron chi connectivity index (χ2n) is 6.27. The Morgan fingerprint density at radius 2 is 1.86 bits per heavy atom. The van der Waals surface area contributed by atoms with E-state index >= 15 is 0 Å². The maximum Gasteiger partial charge on any atom is 0.416 e. The molecule has 154 valence electrons. The monoisotopic (exact) mass is 425 g/mol. The molecule has 0 aliphatic heterocycles. The van der Waals surface area contributed by atoms with Crippen LogP contribution in [0.1, 0.15) is 12.5 Å². The number of aromatic nitrogens is 1. The van der Waals surface area contributed by atoms with Gasteiger partial charge in [-0.25, -0.2) is 13.1 Å². The topological polar surface area (TPSA) is 80.2 Å². The normalized spacial score (nSPS) is 12.3.